The minimum atomic E-state index is -0.177. The Labute approximate surface area is 142 Å². The average Bonchev–Trinajstić information content (AvgIpc) is 3.18. The first kappa shape index (κ1) is 17.7. The fourth-order valence-corrected chi connectivity index (χ4v) is 2.25. The number of nitrogens with zero attached hydrogens (tertiary/aromatic N) is 2. The number of guanidine groups is 1. The first-order valence-corrected chi connectivity index (χ1v) is 7.98. The number of amides is 1. The maximum Gasteiger partial charge on any atom is 0.287 e. The van der Waals surface area contributed by atoms with Gasteiger partial charge in [0.05, 0.1) is 6.26 Å². The van der Waals surface area contributed by atoms with Gasteiger partial charge in [-0.15, -0.1) is 0 Å². The number of carbonyl (C=O) groups is 1. The van der Waals surface area contributed by atoms with Gasteiger partial charge in [-0.1, -0.05) is 0 Å². The molecule has 0 bridgehead atoms. The number of carbonyl (C=O) groups excluding carboxylic acids is 1. The second-order valence-electron chi connectivity index (χ2n) is 5.58. The van der Waals surface area contributed by atoms with Crippen LogP contribution >= 0.6 is 0 Å². The summed E-state index contributed by atoms with van der Waals surface area (Å²) in [6.07, 6.45) is 6.38. The average molecular weight is 331 g/mol. The van der Waals surface area contributed by atoms with Crippen LogP contribution in [-0.4, -0.2) is 36.6 Å². The SMILES string of the molecule is CN=C(NCCCNC(=O)c1occc1C)NCc1ccn(C)c1. The lowest BCUT2D eigenvalue weighted by atomic mass is 10.2. The molecule has 0 spiro atoms. The molecule has 0 fully saturated rings. The topological polar surface area (TPSA) is 83.6 Å². The van der Waals surface area contributed by atoms with E-state index in [9.17, 15) is 4.79 Å². The molecule has 2 aromatic rings. The van der Waals surface area contributed by atoms with Gasteiger partial charge >= 0.3 is 0 Å². The monoisotopic (exact) mass is 331 g/mol. The minimum absolute atomic E-state index is 0.177. The highest BCUT2D eigenvalue weighted by Gasteiger charge is 2.11. The molecule has 0 saturated carbocycles. The van der Waals surface area contributed by atoms with E-state index >= 15 is 0 Å². The van der Waals surface area contributed by atoms with Crippen LogP contribution in [0.15, 0.2) is 40.2 Å². The summed E-state index contributed by atoms with van der Waals surface area (Å²) in [5.74, 6) is 0.944. The van der Waals surface area contributed by atoms with Gasteiger partial charge in [-0.3, -0.25) is 9.79 Å². The molecule has 2 heterocycles. The van der Waals surface area contributed by atoms with E-state index in [2.05, 4.69) is 33.2 Å². The normalized spacial score (nSPS) is 11.4. The third-order valence-corrected chi connectivity index (χ3v) is 3.58. The lowest BCUT2D eigenvalue weighted by Gasteiger charge is -2.11. The number of aryl methyl sites for hydroxylation is 2. The van der Waals surface area contributed by atoms with E-state index in [4.69, 9.17) is 4.42 Å². The number of aliphatic imine (C=N–C) groups is 1. The lowest BCUT2D eigenvalue weighted by Crippen LogP contribution is -2.38. The first-order valence-electron chi connectivity index (χ1n) is 7.98. The molecule has 0 atom stereocenters. The van der Waals surface area contributed by atoms with Crippen molar-refractivity contribution < 1.29 is 9.21 Å². The summed E-state index contributed by atoms with van der Waals surface area (Å²) in [7, 11) is 3.73. The Bertz CT molecular complexity index is 687. The maximum atomic E-state index is 11.9. The zero-order valence-electron chi connectivity index (χ0n) is 14.4. The molecule has 0 radical (unpaired) electrons. The van der Waals surface area contributed by atoms with Crippen molar-refractivity contribution in [1.29, 1.82) is 0 Å². The van der Waals surface area contributed by atoms with Crippen LogP contribution in [0.4, 0.5) is 0 Å². The number of hydrogen-bond donors (Lipinski definition) is 3. The molecule has 2 aromatic heterocycles. The summed E-state index contributed by atoms with van der Waals surface area (Å²) in [5, 5.41) is 9.32. The first-order chi connectivity index (χ1) is 11.6. The summed E-state index contributed by atoms with van der Waals surface area (Å²) in [4.78, 5) is 16.1. The van der Waals surface area contributed by atoms with Crippen LogP contribution in [0.2, 0.25) is 0 Å². The van der Waals surface area contributed by atoms with Crippen LogP contribution in [0, 0.1) is 6.92 Å². The van der Waals surface area contributed by atoms with Crippen molar-refractivity contribution in [3.05, 3.63) is 47.7 Å². The molecule has 3 N–H and O–H groups in total. The van der Waals surface area contributed by atoms with Gasteiger partial charge in [0.15, 0.2) is 11.7 Å². The molecule has 0 saturated heterocycles. The quantitative estimate of drug-likeness (QED) is 0.407. The minimum Gasteiger partial charge on any atom is -0.459 e. The fraction of sp³-hybridized carbons (Fsp3) is 0.412. The fourth-order valence-electron chi connectivity index (χ4n) is 2.25. The van der Waals surface area contributed by atoms with Crippen LogP contribution in [0.5, 0.6) is 0 Å². The molecule has 24 heavy (non-hydrogen) atoms. The highest BCUT2D eigenvalue weighted by molar-refractivity contribution is 5.92. The van der Waals surface area contributed by atoms with E-state index in [-0.39, 0.29) is 5.91 Å². The number of aromatic nitrogens is 1. The van der Waals surface area contributed by atoms with Crippen molar-refractivity contribution in [3.63, 3.8) is 0 Å². The van der Waals surface area contributed by atoms with Crippen LogP contribution in [0.25, 0.3) is 0 Å². The molecule has 0 unspecified atom stereocenters. The summed E-state index contributed by atoms with van der Waals surface area (Å²) in [6.45, 7) is 3.85. The molecule has 0 aromatic carbocycles. The van der Waals surface area contributed by atoms with Crippen LogP contribution in [0.1, 0.15) is 28.1 Å². The Kier molecular flexibility index (Phi) is 6.48. The largest absolute Gasteiger partial charge is 0.459 e. The Morgan fingerprint density at radius 3 is 2.67 bits per heavy atom. The van der Waals surface area contributed by atoms with E-state index in [1.165, 1.54) is 11.8 Å². The smallest absolute Gasteiger partial charge is 0.287 e. The predicted octanol–water partition coefficient (Wildman–Crippen LogP) is 1.41. The molecule has 7 heteroatoms. The Hall–Kier alpha value is -2.70. The number of hydrogen-bond acceptors (Lipinski definition) is 3. The van der Waals surface area contributed by atoms with Gasteiger partial charge in [0.25, 0.3) is 5.91 Å². The summed E-state index contributed by atoms with van der Waals surface area (Å²) >= 11 is 0. The molecule has 2 rings (SSSR count). The van der Waals surface area contributed by atoms with Crippen molar-refractivity contribution in [3.8, 4) is 0 Å². The number of rotatable bonds is 7. The zero-order valence-corrected chi connectivity index (χ0v) is 14.4. The molecule has 7 nitrogen and oxygen atoms in total. The molecule has 130 valence electrons. The maximum absolute atomic E-state index is 11.9. The molecular formula is C17H25N5O2. The van der Waals surface area contributed by atoms with Crippen molar-refractivity contribution in [2.75, 3.05) is 20.1 Å². The molecule has 0 aliphatic heterocycles. The van der Waals surface area contributed by atoms with Crippen molar-refractivity contribution >= 4 is 11.9 Å². The van der Waals surface area contributed by atoms with Gasteiger partial charge in [-0.2, -0.15) is 0 Å². The van der Waals surface area contributed by atoms with Gasteiger partial charge in [0.1, 0.15) is 0 Å². The summed E-state index contributed by atoms with van der Waals surface area (Å²) < 4.78 is 7.17. The molecule has 0 aliphatic rings. The zero-order chi connectivity index (χ0) is 17.4. The highest BCUT2D eigenvalue weighted by atomic mass is 16.3. The Morgan fingerprint density at radius 2 is 2.04 bits per heavy atom. The van der Waals surface area contributed by atoms with E-state index in [1.54, 1.807) is 13.1 Å². The van der Waals surface area contributed by atoms with E-state index in [1.807, 2.05) is 24.7 Å². The lowest BCUT2D eigenvalue weighted by molar-refractivity contribution is 0.0925. The standard InChI is InChI=1S/C17H25N5O2/c1-13-6-10-24-15(13)16(23)19-7-4-8-20-17(18-2)21-11-14-5-9-22(3)12-14/h5-6,9-10,12H,4,7-8,11H2,1-3H3,(H,19,23)(H2,18,20,21). The van der Waals surface area contributed by atoms with Crippen LogP contribution < -0.4 is 16.0 Å². The van der Waals surface area contributed by atoms with E-state index < -0.39 is 0 Å². The third-order valence-electron chi connectivity index (χ3n) is 3.58. The van der Waals surface area contributed by atoms with Crippen molar-refractivity contribution in [2.24, 2.45) is 12.0 Å². The van der Waals surface area contributed by atoms with Crippen molar-refractivity contribution in [2.45, 2.75) is 19.9 Å². The number of furan rings is 1. The third kappa shape index (κ3) is 5.19. The van der Waals surface area contributed by atoms with E-state index in [0.717, 1.165) is 24.5 Å². The predicted molar refractivity (Wildman–Crippen MR) is 94.0 cm³/mol. The van der Waals surface area contributed by atoms with Crippen LogP contribution in [0.3, 0.4) is 0 Å². The van der Waals surface area contributed by atoms with Gasteiger partial charge in [0, 0.05) is 51.7 Å². The highest BCUT2D eigenvalue weighted by Crippen LogP contribution is 2.07. The Morgan fingerprint density at radius 1 is 1.25 bits per heavy atom. The second kappa shape index (κ2) is 8.81. The summed E-state index contributed by atoms with van der Waals surface area (Å²) in [5.41, 5.74) is 2.04. The summed E-state index contributed by atoms with van der Waals surface area (Å²) in [6, 6.07) is 3.84. The van der Waals surface area contributed by atoms with E-state index in [0.29, 0.717) is 18.8 Å². The second-order valence-corrected chi connectivity index (χ2v) is 5.58. The Balaban J connectivity index is 1.62. The molecular weight excluding hydrogens is 306 g/mol. The van der Waals surface area contributed by atoms with Gasteiger partial charge in [-0.05, 0) is 31.0 Å². The molecule has 0 aliphatic carbocycles. The van der Waals surface area contributed by atoms with Gasteiger partial charge in [-0.25, -0.2) is 0 Å². The van der Waals surface area contributed by atoms with Crippen LogP contribution in [-0.2, 0) is 13.6 Å². The van der Waals surface area contributed by atoms with Gasteiger partial charge < -0.3 is 24.9 Å². The van der Waals surface area contributed by atoms with Crippen molar-refractivity contribution in [1.82, 2.24) is 20.5 Å². The molecule has 1 amide bonds. The van der Waals surface area contributed by atoms with Gasteiger partial charge in [0.2, 0.25) is 0 Å². The number of nitrogens with one attached hydrogen (secondary N) is 3.